The van der Waals surface area contributed by atoms with Gasteiger partial charge in [-0.25, -0.2) is 0 Å². The standard InChI is InChI=1S/C21H28N2O4/c1-13-4-18(24)17(11-23(13)12-19-26-2-3-27-19)20(25)22-21-8-14-5-15(9-21)7-16(6-14)10-21/h4,11,14-16,19H,2-3,5-10,12H2,1H3,(H,22,25). The smallest absolute Gasteiger partial charge is 0.257 e. The summed E-state index contributed by atoms with van der Waals surface area (Å²) in [5.41, 5.74) is 0.741. The summed E-state index contributed by atoms with van der Waals surface area (Å²) in [7, 11) is 0. The molecule has 4 saturated carbocycles. The van der Waals surface area contributed by atoms with Crippen LogP contribution in [0.25, 0.3) is 0 Å². The molecule has 1 amide bonds. The highest BCUT2D eigenvalue weighted by Crippen LogP contribution is 2.55. The van der Waals surface area contributed by atoms with Crippen LogP contribution in [0, 0.1) is 24.7 Å². The molecule has 1 N–H and O–H groups in total. The van der Waals surface area contributed by atoms with E-state index in [2.05, 4.69) is 5.32 Å². The number of aryl methyl sites for hydroxylation is 1. The van der Waals surface area contributed by atoms with Crippen molar-refractivity contribution >= 4 is 5.91 Å². The summed E-state index contributed by atoms with van der Waals surface area (Å²) in [6.45, 7) is 3.54. The highest BCUT2D eigenvalue weighted by Gasteiger charge is 2.51. The Kier molecular flexibility index (Phi) is 4.17. The number of nitrogens with one attached hydrogen (secondary N) is 1. The van der Waals surface area contributed by atoms with Crippen LogP contribution < -0.4 is 10.7 Å². The lowest BCUT2D eigenvalue weighted by Crippen LogP contribution is -2.60. The molecule has 1 aromatic heterocycles. The molecule has 5 aliphatic rings. The molecule has 2 heterocycles. The maximum atomic E-state index is 13.1. The lowest BCUT2D eigenvalue weighted by molar-refractivity contribution is -0.0529. The number of hydrogen-bond acceptors (Lipinski definition) is 4. The predicted octanol–water partition coefficient (Wildman–Crippen LogP) is 2.23. The van der Waals surface area contributed by atoms with E-state index >= 15 is 0 Å². The fourth-order valence-electron chi connectivity index (χ4n) is 6.28. The van der Waals surface area contributed by atoms with Gasteiger partial charge in [-0.2, -0.15) is 0 Å². The van der Waals surface area contributed by atoms with Crippen LogP contribution >= 0.6 is 0 Å². The van der Waals surface area contributed by atoms with Gasteiger partial charge in [0.25, 0.3) is 5.91 Å². The topological polar surface area (TPSA) is 69.6 Å². The van der Waals surface area contributed by atoms with Gasteiger partial charge in [0.05, 0.1) is 19.8 Å². The maximum absolute atomic E-state index is 13.1. The Morgan fingerprint density at radius 3 is 2.33 bits per heavy atom. The van der Waals surface area contributed by atoms with Gasteiger partial charge in [0.15, 0.2) is 11.7 Å². The van der Waals surface area contributed by atoms with E-state index in [-0.39, 0.29) is 28.7 Å². The highest BCUT2D eigenvalue weighted by atomic mass is 16.7. The molecule has 146 valence electrons. The van der Waals surface area contributed by atoms with Gasteiger partial charge in [-0.3, -0.25) is 9.59 Å². The summed E-state index contributed by atoms with van der Waals surface area (Å²) in [6, 6.07) is 1.55. The van der Waals surface area contributed by atoms with Gasteiger partial charge in [0.2, 0.25) is 0 Å². The van der Waals surface area contributed by atoms with E-state index in [0.717, 1.165) is 42.7 Å². The summed E-state index contributed by atoms with van der Waals surface area (Å²) in [4.78, 5) is 25.6. The van der Waals surface area contributed by atoms with Gasteiger partial charge < -0.3 is 19.4 Å². The Balaban J connectivity index is 1.37. The molecule has 0 aromatic carbocycles. The molecule has 6 heteroatoms. The minimum absolute atomic E-state index is 0.0916. The van der Waals surface area contributed by atoms with Gasteiger partial charge in [-0.05, 0) is 63.2 Å². The van der Waals surface area contributed by atoms with E-state index in [1.54, 1.807) is 12.3 Å². The maximum Gasteiger partial charge on any atom is 0.257 e. The summed E-state index contributed by atoms with van der Waals surface area (Å²) < 4.78 is 12.9. The van der Waals surface area contributed by atoms with E-state index in [9.17, 15) is 9.59 Å². The molecule has 1 saturated heterocycles. The minimum Gasteiger partial charge on any atom is -0.348 e. The van der Waals surface area contributed by atoms with E-state index in [1.165, 1.54) is 19.3 Å². The third-order valence-corrected chi connectivity index (χ3v) is 7.04. The first-order valence-electron chi connectivity index (χ1n) is 10.3. The van der Waals surface area contributed by atoms with E-state index in [1.807, 2.05) is 11.5 Å². The Labute approximate surface area is 159 Å². The molecular formula is C21H28N2O4. The first-order chi connectivity index (χ1) is 13.0. The number of aromatic nitrogens is 1. The second-order valence-corrected chi connectivity index (χ2v) is 9.17. The fourth-order valence-corrected chi connectivity index (χ4v) is 6.28. The van der Waals surface area contributed by atoms with Crippen LogP contribution in [0.15, 0.2) is 17.1 Å². The summed E-state index contributed by atoms with van der Waals surface area (Å²) in [5, 5.41) is 3.31. The zero-order valence-corrected chi connectivity index (χ0v) is 15.9. The number of hydrogen-bond donors (Lipinski definition) is 1. The van der Waals surface area contributed by atoms with Crippen LogP contribution in [-0.4, -0.2) is 35.5 Å². The molecule has 0 atom stereocenters. The molecule has 6 nitrogen and oxygen atoms in total. The van der Waals surface area contributed by atoms with Crippen LogP contribution in [0.5, 0.6) is 0 Å². The van der Waals surface area contributed by atoms with Crippen LogP contribution in [-0.2, 0) is 16.0 Å². The van der Waals surface area contributed by atoms with Crippen LogP contribution in [0.2, 0.25) is 0 Å². The SMILES string of the molecule is Cc1cc(=O)c(C(=O)NC23CC4CC(CC(C4)C2)C3)cn1CC1OCCO1. The van der Waals surface area contributed by atoms with Crippen molar-refractivity contribution in [3.8, 4) is 0 Å². The second kappa shape index (κ2) is 6.45. The van der Waals surface area contributed by atoms with Crippen LogP contribution in [0.3, 0.4) is 0 Å². The highest BCUT2D eigenvalue weighted by molar-refractivity contribution is 5.94. The number of rotatable bonds is 4. The number of amides is 1. The molecule has 1 aliphatic heterocycles. The molecule has 0 radical (unpaired) electrons. The molecule has 0 unspecified atom stereocenters. The molecule has 5 fully saturated rings. The number of pyridine rings is 1. The van der Waals surface area contributed by atoms with Gasteiger partial charge in [0, 0.05) is 23.5 Å². The third kappa shape index (κ3) is 3.23. The zero-order valence-electron chi connectivity index (χ0n) is 15.9. The first kappa shape index (κ1) is 17.4. The number of ether oxygens (including phenoxy) is 2. The Bertz CT molecular complexity index is 774. The normalized spacial score (nSPS) is 34.9. The Morgan fingerprint density at radius 1 is 1.15 bits per heavy atom. The van der Waals surface area contributed by atoms with Gasteiger partial charge in [0.1, 0.15) is 5.56 Å². The third-order valence-electron chi connectivity index (χ3n) is 7.04. The fraction of sp³-hybridized carbons (Fsp3) is 0.714. The Morgan fingerprint density at radius 2 is 1.74 bits per heavy atom. The van der Waals surface area contributed by atoms with E-state index in [4.69, 9.17) is 9.47 Å². The van der Waals surface area contributed by atoms with Crippen molar-refractivity contribution < 1.29 is 14.3 Å². The van der Waals surface area contributed by atoms with Crippen molar-refractivity contribution in [2.24, 2.45) is 17.8 Å². The average Bonchev–Trinajstić information content (AvgIpc) is 3.08. The number of carbonyl (C=O) groups excluding carboxylic acids is 1. The Hall–Kier alpha value is -1.66. The molecule has 6 rings (SSSR count). The summed E-state index contributed by atoms with van der Waals surface area (Å²) in [5.74, 6) is 2.04. The van der Waals surface area contributed by atoms with Crippen molar-refractivity contribution in [1.82, 2.24) is 9.88 Å². The largest absolute Gasteiger partial charge is 0.348 e. The summed E-state index contributed by atoms with van der Waals surface area (Å²) in [6.07, 6.45) is 8.58. The molecule has 4 bridgehead atoms. The molecule has 0 spiro atoms. The first-order valence-corrected chi connectivity index (χ1v) is 10.3. The van der Waals surface area contributed by atoms with Gasteiger partial charge >= 0.3 is 0 Å². The van der Waals surface area contributed by atoms with Crippen molar-refractivity contribution in [3.63, 3.8) is 0 Å². The summed E-state index contributed by atoms with van der Waals surface area (Å²) >= 11 is 0. The van der Waals surface area contributed by atoms with Crippen molar-refractivity contribution in [2.45, 2.75) is 63.8 Å². The lowest BCUT2D eigenvalue weighted by Gasteiger charge is -2.56. The quantitative estimate of drug-likeness (QED) is 0.880. The zero-order chi connectivity index (χ0) is 18.6. The lowest BCUT2D eigenvalue weighted by atomic mass is 9.53. The minimum atomic E-state index is -0.315. The molecular weight excluding hydrogens is 344 g/mol. The van der Waals surface area contributed by atoms with Crippen LogP contribution in [0.1, 0.15) is 54.6 Å². The van der Waals surface area contributed by atoms with Gasteiger partial charge in [-0.15, -0.1) is 0 Å². The predicted molar refractivity (Wildman–Crippen MR) is 99.5 cm³/mol. The van der Waals surface area contributed by atoms with Crippen LogP contribution in [0.4, 0.5) is 0 Å². The monoisotopic (exact) mass is 372 g/mol. The van der Waals surface area contributed by atoms with Gasteiger partial charge in [-0.1, -0.05) is 0 Å². The van der Waals surface area contributed by atoms with Crippen molar-refractivity contribution in [1.29, 1.82) is 0 Å². The molecule has 4 aliphatic carbocycles. The van der Waals surface area contributed by atoms with E-state index < -0.39 is 0 Å². The number of nitrogens with zero attached hydrogens (tertiary/aromatic N) is 1. The number of carbonyl (C=O) groups is 1. The van der Waals surface area contributed by atoms with Crippen molar-refractivity contribution in [3.05, 3.63) is 33.7 Å². The second-order valence-electron chi connectivity index (χ2n) is 9.17. The van der Waals surface area contributed by atoms with Crippen molar-refractivity contribution in [2.75, 3.05) is 13.2 Å². The van der Waals surface area contributed by atoms with E-state index in [0.29, 0.717) is 19.8 Å². The molecule has 27 heavy (non-hydrogen) atoms. The average molecular weight is 372 g/mol. The molecule has 1 aromatic rings.